The van der Waals surface area contributed by atoms with Gasteiger partial charge in [-0.2, -0.15) is 0 Å². The van der Waals surface area contributed by atoms with Crippen LogP contribution in [0.25, 0.3) is 0 Å². The van der Waals surface area contributed by atoms with Crippen LogP contribution in [0.3, 0.4) is 0 Å². The van der Waals surface area contributed by atoms with Gasteiger partial charge in [0.1, 0.15) is 0 Å². The van der Waals surface area contributed by atoms with Gasteiger partial charge in [-0.05, 0) is 0 Å². The van der Waals surface area contributed by atoms with Gasteiger partial charge in [-0.3, -0.25) is 10.1 Å². The molecule has 0 amide bonds. The maximum Gasteiger partial charge on any atom is 0.421 e. The lowest BCUT2D eigenvalue weighted by atomic mass is 10.5. The van der Waals surface area contributed by atoms with Crippen LogP contribution in [0.4, 0.5) is 0 Å². The quantitative estimate of drug-likeness (QED) is 0.318. The molecular weight excluding hydrogens is 216 g/mol. The average Bonchev–Trinajstić information content (AvgIpc) is 1.60. The van der Waals surface area contributed by atoms with E-state index in [1.165, 1.54) is 0 Å². The van der Waals surface area contributed by atoms with E-state index in [0.717, 1.165) is 0 Å². The largest absolute Gasteiger partial charge is 0.421 e. The highest BCUT2D eigenvalue weighted by Gasteiger charge is 2.45. The fraction of sp³-hybridized carbons (Fsp3) is 1.00. The van der Waals surface area contributed by atoms with Crippen molar-refractivity contribution >= 4 is 39.2 Å². The second kappa shape index (κ2) is 3.76. The molecule has 1 unspecified atom stereocenters. The van der Waals surface area contributed by atoms with Crippen LogP contribution in [-0.4, -0.2) is 16.6 Å². The van der Waals surface area contributed by atoms with Crippen molar-refractivity contribution in [3.05, 3.63) is 10.1 Å². The molecule has 0 aliphatic heterocycles. The monoisotopic (exact) mass is 221 g/mol. The lowest BCUT2D eigenvalue weighted by Crippen LogP contribution is -2.37. The van der Waals surface area contributed by atoms with Gasteiger partial charge in [0.05, 0.1) is 0 Å². The Balaban J connectivity index is 4.22. The fourth-order valence-electron chi connectivity index (χ4n) is 0.500. The molecule has 0 heterocycles. The van der Waals surface area contributed by atoms with Crippen LogP contribution in [0, 0.1) is 10.1 Å². The third-order valence-corrected chi connectivity index (χ3v) is 4.66. The topological polar surface area (TPSA) is 43.1 Å². The lowest BCUT2D eigenvalue weighted by Gasteiger charge is -2.11. The Morgan fingerprint density at radius 3 is 2.00 bits per heavy atom. The summed E-state index contributed by atoms with van der Waals surface area (Å²) in [6.45, 7) is 1.63. The van der Waals surface area contributed by atoms with Crippen molar-refractivity contribution in [2.75, 3.05) is 0 Å². The summed E-state index contributed by atoms with van der Waals surface area (Å²) in [5, 5.41) is 10.2. The minimum absolute atomic E-state index is 0.274. The highest BCUT2D eigenvalue weighted by molar-refractivity contribution is 7.65. The van der Waals surface area contributed by atoms with E-state index in [4.69, 9.17) is 33.2 Å². The van der Waals surface area contributed by atoms with Gasteiger partial charge in [-0.15, -0.1) is 33.2 Å². The molecule has 0 aliphatic rings. The summed E-state index contributed by atoms with van der Waals surface area (Å²) in [7, 11) is 0. The summed E-state index contributed by atoms with van der Waals surface area (Å²) >= 11 is 16.3. The first-order valence-electron chi connectivity index (χ1n) is 2.59. The van der Waals surface area contributed by atoms with Crippen LogP contribution in [0.1, 0.15) is 13.3 Å². The van der Waals surface area contributed by atoms with Gasteiger partial charge in [-0.25, -0.2) is 0 Å². The first-order valence-corrected chi connectivity index (χ1v) is 7.71. The third-order valence-electron chi connectivity index (χ3n) is 1.02. The molecule has 0 radical (unpaired) electrons. The molecule has 0 aromatic heterocycles. The zero-order valence-electron chi connectivity index (χ0n) is 5.18. The van der Waals surface area contributed by atoms with Gasteiger partial charge in [0.2, 0.25) is 5.67 Å². The molecule has 10 heavy (non-hydrogen) atoms. The highest BCUT2D eigenvalue weighted by Crippen LogP contribution is 2.27. The number of hydrogen-bond acceptors (Lipinski definition) is 2. The molecule has 0 aromatic carbocycles. The molecule has 3 nitrogen and oxygen atoms in total. The standard InChI is InChI=1S/C3H6Cl3NO2Si/c1-2-3(7(8)9)10(4,5)6/h3H,2H2,1H3. The average molecular weight is 223 g/mol. The van der Waals surface area contributed by atoms with Crippen LogP contribution in [0.5, 0.6) is 0 Å². The first kappa shape index (κ1) is 10.5. The van der Waals surface area contributed by atoms with Crippen molar-refractivity contribution in [3.63, 3.8) is 0 Å². The van der Waals surface area contributed by atoms with E-state index in [0.29, 0.717) is 0 Å². The SMILES string of the molecule is CCC([N+](=O)[O-])[Si](Cl)(Cl)Cl. The summed E-state index contributed by atoms with van der Waals surface area (Å²) in [5.41, 5.74) is -0.975. The second-order valence-corrected chi connectivity index (χ2v) is 10.6. The predicted molar refractivity (Wildman–Crippen MR) is 44.4 cm³/mol. The zero-order chi connectivity index (χ0) is 8.36. The van der Waals surface area contributed by atoms with Gasteiger partial charge in [0.15, 0.2) is 0 Å². The van der Waals surface area contributed by atoms with Gasteiger partial charge in [0, 0.05) is 11.3 Å². The number of halogens is 3. The summed E-state index contributed by atoms with van der Waals surface area (Å²) in [6, 6.07) is -3.13. The predicted octanol–water partition coefficient (Wildman–Crippen LogP) is 2.24. The molecule has 0 aliphatic carbocycles. The van der Waals surface area contributed by atoms with Crippen molar-refractivity contribution < 1.29 is 4.92 Å². The minimum atomic E-state index is -3.13. The number of nitrogens with zero attached hydrogens (tertiary/aromatic N) is 1. The van der Waals surface area contributed by atoms with E-state index in [1.807, 2.05) is 0 Å². The molecule has 0 spiro atoms. The maximum atomic E-state index is 10.2. The molecule has 0 rings (SSSR count). The first-order chi connectivity index (χ1) is 4.39. The normalized spacial score (nSPS) is 14.8. The van der Waals surface area contributed by atoms with E-state index >= 15 is 0 Å². The number of hydrogen-bond donors (Lipinski definition) is 0. The molecule has 0 saturated heterocycles. The Kier molecular flexibility index (Phi) is 3.94. The summed E-state index contributed by atoms with van der Waals surface area (Å²) in [6.07, 6.45) is 0.274. The minimum Gasteiger partial charge on any atom is -0.264 e. The zero-order valence-corrected chi connectivity index (χ0v) is 8.45. The Morgan fingerprint density at radius 2 is 2.00 bits per heavy atom. The maximum absolute atomic E-state index is 10.2. The van der Waals surface area contributed by atoms with Gasteiger partial charge < -0.3 is 0 Å². The van der Waals surface area contributed by atoms with Crippen LogP contribution < -0.4 is 0 Å². The number of nitro groups is 1. The molecule has 0 bridgehead atoms. The molecule has 1 atom stereocenters. The van der Waals surface area contributed by atoms with Gasteiger partial charge >= 0.3 is 6.00 Å². The molecule has 0 aromatic rings. The Morgan fingerprint density at radius 1 is 1.60 bits per heavy atom. The van der Waals surface area contributed by atoms with E-state index < -0.39 is 16.6 Å². The van der Waals surface area contributed by atoms with Crippen molar-refractivity contribution in [2.45, 2.75) is 19.0 Å². The molecule has 7 heteroatoms. The summed E-state index contributed by atoms with van der Waals surface area (Å²) < 4.78 is 0. The molecular formula is C3H6Cl3NO2Si. The molecule has 60 valence electrons. The van der Waals surface area contributed by atoms with E-state index in [1.54, 1.807) is 6.92 Å². The van der Waals surface area contributed by atoms with Crippen molar-refractivity contribution in [2.24, 2.45) is 0 Å². The van der Waals surface area contributed by atoms with Crippen LogP contribution in [-0.2, 0) is 0 Å². The van der Waals surface area contributed by atoms with E-state index in [2.05, 4.69) is 0 Å². The fourth-order valence-corrected chi connectivity index (χ4v) is 3.31. The van der Waals surface area contributed by atoms with Gasteiger partial charge in [-0.1, -0.05) is 6.92 Å². The Hall–Kier alpha value is 0.487. The Labute approximate surface area is 73.5 Å². The van der Waals surface area contributed by atoms with Crippen LogP contribution >= 0.6 is 33.2 Å². The van der Waals surface area contributed by atoms with Gasteiger partial charge in [0.25, 0.3) is 0 Å². The Bertz CT molecular complexity index is 136. The lowest BCUT2D eigenvalue weighted by molar-refractivity contribution is -0.500. The molecule has 0 saturated carbocycles. The smallest absolute Gasteiger partial charge is 0.264 e. The summed E-state index contributed by atoms with van der Waals surface area (Å²) in [5.74, 6) is 0. The highest BCUT2D eigenvalue weighted by atomic mass is 35.8. The molecule has 0 fully saturated rings. The molecule has 0 N–H and O–H groups in total. The van der Waals surface area contributed by atoms with E-state index in [9.17, 15) is 10.1 Å². The second-order valence-electron chi connectivity index (χ2n) is 1.75. The van der Waals surface area contributed by atoms with E-state index in [-0.39, 0.29) is 6.42 Å². The summed E-state index contributed by atoms with van der Waals surface area (Å²) in [4.78, 5) is 9.64. The van der Waals surface area contributed by atoms with Crippen molar-refractivity contribution in [3.8, 4) is 0 Å². The van der Waals surface area contributed by atoms with Crippen LogP contribution in [0.15, 0.2) is 0 Å². The number of rotatable bonds is 3. The van der Waals surface area contributed by atoms with Crippen molar-refractivity contribution in [1.82, 2.24) is 0 Å². The third kappa shape index (κ3) is 3.05. The van der Waals surface area contributed by atoms with Crippen LogP contribution in [0.2, 0.25) is 0 Å². The van der Waals surface area contributed by atoms with Crippen molar-refractivity contribution in [1.29, 1.82) is 0 Å².